The van der Waals surface area contributed by atoms with Crippen LogP contribution in [0.1, 0.15) is 0 Å². The van der Waals surface area contributed by atoms with E-state index in [0.717, 1.165) is 45.0 Å². The molecule has 0 bridgehead atoms. The van der Waals surface area contributed by atoms with Gasteiger partial charge in [-0.3, -0.25) is 14.7 Å². The lowest BCUT2D eigenvalue weighted by Gasteiger charge is -2.43. The average Bonchev–Trinajstić information content (AvgIpc) is 2.80. The van der Waals surface area contributed by atoms with Crippen molar-refractivity contribution in [2.75, 3.05) is 45.0 Å². The molecule has 2 saturated heterocycles. The van der Waals surface area contributed by atoms with Gasteiger partial charge in [0, 0.05) is 57.3 Å². The molecule has 3 heterocycles. The molecule has 1 amide bonds. The summed E-state index contributed by atoms with van der Waals surface area (Å²) in [7, 11) is 0. The number of carbonyl (C=O) groups is 1. The van der Waals surface area contributed by atoms with Crippen molar-refractivity contribution in [3.05, 3.63) is 0 Å². The second-order valence-electron chi connectivity index (χ2n) is 4.69. The Labute approximate surface area is 106 Å². The van der Waals surface area contributed by atoms with Crippen molar-refractivity contribution in [1.82, 2.24) is 15.1 Å². The summed E-state index contributed by atoms with van der Waals surface area (Å²) in [6.07, 6.45) is 1.85. The van der Waals surface area contributed by atoms with Crippen molar-refractivity contribution in [3.63, 3.8) is 0 Å². The first-order valence-electron chi connectivity index (χ1n) is 6.21. The number of piperazine rings is 1. The van der Waals surface area contributed by atoms with Crippen LogP contribution in [0.5, 0.6) is 0 Å². The standard InChI is InChI=1S/C11H18N4OS/c16-11(10-13-1-6-17-10)15-4-2-14(3-5-15)9-7-12-8-9/h1,9-10,12H,2-8H2. The molecule has 5 nitrogen and oxygen atoms in total. The lowest BCUT2D eigenvalue weighted by Crippen LogP contribution is -2.62. The number of carbonyl (C=O) groups excluding carboxylic acids is 1. The van der Waals surface area contributed by atoms with Gasteiger partial charge in [-0.25, -0.2) is 0 Å². The van der Waals surface area contributed by atoms with E-state index in [1.807, 2.05) is 11.1 Å². The summed E-state index contributed by atoms with van der Waals surface area (Å²) < 4.78 is 0. The minimum Gasteiger partial charge on any atom is -0.338 e. The number of aliphatic imine (C=N–C) groups is 1. The second-order valence-corrected chi connectivity index (χ2v) is 5.80. The Kier molecular flexibility index (Phi) is 3.35. The van der Waals surface area contributed by atoms with Gasteiger partial charge in [0.25, 0.3) is 5.91 Å². The number of nitrogens with zero attached hydrogens (tertiary/aromatic N) is 3. The molecule has 1 atom stereocenters. The van der Waals surface area contributed by atoms with Gasteiger partial charge in [-0.05, 0) is 0 Å². The molecular formula is C11H18N4OS. The number of thioether (sulfide) groups is 1. The summed E-state index contributed by atoms with van der Waals surface area (Å²) in [5, 5.41) is 3.13. The van der Waals surface area contributed by atoms with Crippen LogP contribution in [0.15, 0.2) is 4.99 Å². The number of hydrogen-bond donors (Lipinski definition) is 1. The van der Waals surface area contributed by atoms with E-state index in [-0.39, 0.29) is 11.3 Å². The van der Waals surface area contributed by atoms with E-state index < -0.39 is 0 Å². The zero-order valence-electron chi connectivity index (χ0n) is 9.84. The fraction of sp³-hybridized carbons (Fsp3) is 0.818. The largest absolute Gasteiger partial charge is 0.338 e. The molecule has 0 aliphatic carbocycles. The molecule has 94 valence electrons. The van der Waals surface area contributed by atoms with Gasteiger partial charge in [-0.15, -0.1) is 11.8 Å². The van der Waals surface area contributed by atoms with E-state index in [9.17, 15) is 4.79 Å². The van der Waals surface area contributed by atoms with Gasteiger partial charge in [0.2, 0.25) is 0 Å². The summed E-state index contributed by atoms with van der Waals surface area (Å²) in [6, 6.07) is 0.700. The highest BCUT2D eigenvalue weighted by molar-refractivity contribution is 8.01. The number of amides is 1. The minimum absolute atomic E-state index is 0.160. The normalized spacial score (nSPS) is 30.6. The molecule has 1 unspecified atom stereocenters. The van der Waals surface area contributed by atoms with Gasteiger partial charge < -0.3 is 10.2 Å². The molecule has 0 spiro atoms. The van der Waals surface area contributed by atoms with Crippen LogP contribution in [-0.4, -0.2) is 78.4 Å². The Morgan fingerprint density at radius 2 is 2.06 bits per heavy atom. The first-order chi connectivity index (χ1) is 8.34. The molecule has 3 rings (SSSR count). The first-order valence-corrected chi connectivity index (χ1v) is 7.26. The van der Waals surface area contributed by atoms with Gasteiger partial charge in [0.15, 0.2) is 5.37 Å². The van der Waals surface area contributed by atoms with E-state index in [4.69, 9.17) is 0 Å². The topological polar surface area (TPSA) is 47.9 Å². The van der Waals surface area contributed by atoms with Crippen LogP contribution < -0.4 is 5.32 Å². The van der Waals surface area contributed by atoms with Crippen LogP contribution in [0.4, 0.5) is 0 Å². The zero-order valence-corrected chi connectivity index (χ0v) is 10.7. The van der Waals surface area contributed by atoms with E-state index in [2.05, 4.69) is 15.2 Å². The number of rotatable bonds is 2. The van der Waals surface area contributed by atoms with Gasteiger partial charge in [0.05, 0.1) is 0 Å². The van der Waals surface area contributed by atoms with Crippen LogP contribution in [0.2, 0.25) is 0 Å². The van der Waals surface area contributed by atoms with Crippen molar-refractivity contribution < 1.29 is 4.79 Å². The third kappa shape index (κ3) is 2.34. The molecule has 0 saturated carbocycles. The lowest BCUT2D eigenvalue weighted by molar-refractivity contribution is -0.132. The molecule has 0 aromatic heterocycles. The molecule has 1 N–H and O–H groups in total. The molecule has 2 fully saturated rings. The maximum absolute atomic E-state index is 12.1. The Bertz CT molecular complexity index is 323. The highest BCUT2D eigenvalue weighted by Crippen LogP contribution is 2.20. The maximum Gasteiger partial charge on any atom is 0.257 e. The van der Waals surface area contributed by atoms with Gasteiger partial charge in [-0.1, -0.05) is 0 Å². The molecule has 3 aliphatic heterocycles. The number of nitrogens with one attached hydrogen (secondary N) is 1. The van der Waals surface area contributed by atoms with E-state index in [1.165, 1.54) is 0 Å². The molecule has 3 aliphatic rings. The Morgan fingerprint density at radius 3 is 2.59 bits per heavy atom. The second kappa shape index (κ2) is 4.96. The molecular weight excluding hydrogens is 236 g/mol. The first kappa shape index (κ1) is 11.5. The molecule has 6 heteroatoms. The Morgan fingerprint density at radius 1 is 1.29 bits per heavy atom. The van der Waals surface area contributed by atoms with Crippen molar-refractivity contribution in [2.24, 2.45) is 4.99 Å². The third-order valence-electron chi connectivity index (χ3n) is 3.68. The number of hydrogen-bond acceptors (Lipinski definition) is 5. The van der Waals surface area contributed by atoms with Crippen molar-refractivity contribution in [3.8, 4) is 0 Å². The quantitative estimate of drug-likeness (QED) is 0.704. The highest BCUT2D eigenvalue weighted by atomic mass is 32.2. The lowest BCUT2D eigenvalue weighted by atomic mass is 10.1. The SMILES string of the molecule is O=C(C1N=CCS1)N1CCN(C2CNC2)CC1. The molecule has 17 heavy (non-hydrogen) atoms. The third-order valence-corrected chi connectivity index (χ3v) is 4.66. The minimum atomic E-state index is -0.160. The Hall–Kier alpha value is -0.590. The van der Waals surface area contributed by atoms with Gasteiger partial charge in [-0.2, -0.15) is 0 Å². The summed E-state index contributed by atoms with van der Waals surface area (Å²) in [4.78, 5) is 20.8. The summed E-state index contributed by atoms with van der Waals surface area (Å²) in [5.74, 6) is 1.08. The van der Waals surface area contributed by atoms with Crippen LogP contribution >= 0.6 is 11.8 Å². The predicted octanol–water partition coefficient (Wildman–Crippen LogP) is -0.754. The van der Waals surface area contributed by atoms with Crippen LogP contribution in [0.3, 0.4) is 0 Å². The van der Waals surface area contributed by atoms with Gasteiger partial charge >= 0.3 is 0 Å². The van der Waals surface area contributed by atoms with E-state index >= 15 is 0 Å². The Balaban J connectivity index is 1.50. The van der Waals surface area contributed by atoms with Crippen molar-refractivity contribution in [1.29, 1.82) is 0 Å². The smallest absolute Gasteiger partial charge is 0.257 e. The van der Waals surface area contributed by atoms with Crippen molar-refractivity contribution in [2.45, 2.75) is 11.4 Å². The maximum atomic E-state index is 12.1. The summed E-state index contributed by atoms with van der Waals surface area (Å²) in [6.45, 7) is 5.97. The average molecular weight is 254 g/mol. The fourth-order valence-electron chi connectivity index (χ4n) is 2.45. The van der Waals surface area contributed by atoms with E-state index in [0.29, 0.717) is 6.04 Å². The van der Waals surface area contributed by atoms with Crippen molar-refractivity contribution >= 4 is 23.9 Å². The predicted molar refractivity (Wildman–Crippen MR) is 69.5 cm³/mol. The van der Waals surface area contributed by atoms with Crippen LogP contribution in [0.25, 0.3) is 0 Å². The van der Waals surface area contributed by atoms with Gasteiger partial charge in [0.1, 0.15) is 0 Å². The monoisotopic (exact) mass is 254 g/mol. The fourth-order valence-corrected chi connectivity index (χ4v) is 3.26. The zero-order chi connectivity index (χ0) is 11.7. The highest BCUT2D eigenvalue weighted by Gasteiger charge is 2.32. The summed E-state index contributed by atoms with van der Waals surface area (Å²) >= 11 is 1.63. The van der Waals surface area contributed by atoms with Crippen LogP contribution in [-0.2, 0) is 4.79 Å². The molecule has 0 aromatic carbocycles. The molecule has 0 aromatic rings. The molecule has 0 radical (unpaired) electrons. The van der Waals surface area contributed by atoms with E-state index in [1.54, 1.807) is 11.8 Å². The van der Waals surface area contributed by atoms with Crippen LogP contribution in [0, 0.1) is 0 Å². The summed E-state index contributed by atoms with van der Waals surface area (Å²) in [5.41, 5.74) is 0.